The van der Waals surface area contributed by atoms with Crippen molar-refractivity contribution in [2.75, 3.05) is 41.9 Å². The lowest BCUT2D eigenvalue weighted by Crippen LogP contribution is -2.54. The van der Waals surface area contributed by atoms with Gasteiger partial charge in [0.2, 0.25) is 5.91 Å². The number of pyridine rings is 1. The summed E-state index contributed by atoms with van der Waals surface area (Å²) < 4.78 is 0. The van der Waals surface area contributed by atoms with Crippen LogP contribution in [0.25, 0.3) is 0 Å². The summed E-state index contributed by atoms with van der Waals surface area (Å²) in [6.07, 6.45) is 7.32. The average Bonchev–Trinajstić information content (AvgIpc) is 3.59. The molecule has 1 fully saturated rings. The van der Waals surface area contributed by atoms with E-state index < -0.39 is 0 Å². The Hall–Kier alpha value is -3.13. The van der Waals surface area contributed by atoms with Crippen molar-refractivity contribution < 1.29 is 9.59 Å². The summed E-state index contributed by atoms with van der Waals surface area (Å²) in [4.78, 5) is 37.4. The van der Waals surface area contributed by atoms with E-state index in [1.165, 1.54) is 18.4 Å². The number of rotatable bonds is 8. The molecule has 1 unspecified atom stereocenters. The highest BCUT2D eigenvalue weighted by Gasteiger charge is 2.39. The summed E-state index contributed by atoms with van der Waals surface area (Å²) >= 11 is 0. The van der Waals surface area contributed by atoms with Gasteiger partial charge in [0.15, 0.2) is 5.82 Å². The van der Waals surface area contributed by atoms with Crippen LogP contribution in [-0.4, -0.2) is 62.1 Å². The van der Waals surface area contributed by atoms with E-state index in [0.29, 0.717) is 11.6 Å². The second kappa shape index (κ2) is 10.7. The number of benzene rings is 1. The molecule has 8 nitrogen and oxygen atoms in total. The molecule has 3 aliphatic rings. The van der Waals surface area contributed by atoms with Crippen LogP contribution in [0.5, 0.6) is 0 Å². The molecule has 2 atom stereocenters. The van der Waals surface area contributed by atoms with Gasteiger partial charge in [-0.1, -0.05) is 19.8 Å². The minimum absolute atomic E-state index is 0.00925. The van der Waals surface area contributed by atoms with Crippen LogP contribution >= 0.6 is 0 Å². The molecule has 37 heavy (non-hydrogen) atoms. The zero-order valence-corrected chi connectivity index (χ0v) is 22.6. The van der Waals surface area contributed by atoms with Crippen LogP contribution < -0.4 is 25.3 Å². The van der Waals surface area contributed by atoms with Gasteiger partial charge < -0.3 is 25.3 Å². The molecule has 1 aliphatic carbocycles. The largest absolute Gasteiger partial charge is 0.349 e. The van der Waals surface area contributed by atoms with Crippen LogP contribution in [0.1, 0.15) is 68.3 Å². The summed E-state index contributed by atoms with van der Waals surface area (Å²) in [5, 5.41) is 6.35. The molecule has 1 aromatic carbocycles. The molecule has 1 aromatic heterocycles. The highest BCUT2D eigenvalue weighted by atomic mass is 16.2. The number of carbonyl (C=O) groups is 2. The Morgan fingerprint density at radius 3 is 2.65 bits per heavy atom. The molecule has 5 rings (SSSR count). The van der Waals surface area contributed by atoms with E-state index in [9.17, 15) is 9.59 Å². The summed E-state index contributed by atoms with van der Waals surface area (Å²) in [5.41, 5.74) is 3.87. The summed E-state index contributed by atoms with van der Waals surface area (Å²) in [6.45, 7) is 5.81. The molecule has 0 saturated heterocycles. The van der Waals surface area contributed by atoms with Gasteiger partial charge in [-0.25, -0.2) is 4.98 Å². The first-order chi connectivity index (χ1) is 17.9. The van der Waals surface area contributed by atoms with E-state index in [2.05, 4.69) is 33.4 Å². The van der Waals surface area contributed by atoms with Crippen LogP contribution in [0, 0.1) is 0 Å². The zero-order chi connectivity index (χ0) is 26.1. The van der Waals surface area contributed by atoms with Gasteiger partial charge >= 0.3 is 0 Å². The molecule has 8 heteroatoms. The van der Waals surface area contributed by atoms with Crippen molar-refractivity contribution in [3.8, 4) is 0 Å². The van der Waals surface area contributed by atoms with Crippen LogP contribution in [0.2, 0.25) is 0 Å². The molecule has 2 N–H and O–H groups in total. The minimum atomic E-state index is -0.213. The third-order valence-corrected chi connectivity index (χ3v) is 8.35. The predicted molar refractivity (Wildman–Crippen MR) is 149 cm³/mol. The number of hydrogen-bond donors (Lipinski definition) is 2. The maximum Gasteiger partial charge on any atom is 0.251 e. The van der Waals surface area contributed by atoms with E-state index in [0.717, 1.165) is 68.2 Å². The van der Waals surface area contributed by atoms with Crippen LogP contribution in [0.15, 0.2) is 30.3 Å². The Morgan fingerprint density at radius 1 is 1.16 bits per heavy atom. The van der Waals surface area contributed by atoms with Gasteiger partial charge in [0.25, 0.3) is 5.91 Å². The van der Waals surface area contributed by atoms with Crippen molar-refractivity contribution in [2.24, 2.45) is 0 Å². The Morgan fingerprint density at radius 2 is 1.92 bits per heavy atom. The molecule has 1 saturated carbocycles. The molecule has 198 valence electrons. The SMILES string of the molecule is CCC(CCNC)NC(=O)c1ccc2c(c1)CCN2c1ccc2c(n1)N(C1CCCC1)[C@H](C)C(=O)N2C. The molecule has 2 amide bonds. The number of amides is 2. The van der Waals surface area contributed by atoms with Gasteiger partial charge in [0.1, 0.15) is 11.9 Å². The number of carbonyl (C=O) groups excluding carboxylic acids is 2. The Bertz CT molecular complexity index is 1160. The van der Waals surface area contributed by atoms with E-state index >= 15 is 0 Å². The highest BCUT2D eigenvalue weighted by molar-refractivity contribution is 6.04. The molecule has 0 spiro atoms. The highest BCUT2D eigenvalue weighted by Crippen LogP contribution is 2.42. The van der Waals surface area contributed by atoms with Gasteiger partial charge in [0.05, 0.1) is 5.69 Å². The number of aromatic nitrogens is 1. The van der Waals surface area contributed by atoms with Crippen molar-refractivity contribution in [1.29, 1.82) is 0 Å². The zero-order valence-electron chi connectivity index (χ0n) is 22.6. The normalized spacial score (nSPS) is 20.3. The van der Waals surface area contributed by atoms with E-state index in [1.807, 2.05) is 45.3 Å². The third-order valence-electron chi connectivity index (χ3n) is 8.35. The molecule has 2 aliphatic heterocycles. The molecule has 0 bridgehead atoms. The number of likely N-dealkylation sites (N-methyl/N-ethyl adjacent to an activating group) is 1. The number of hydrogen-bond acceptors (Lipinski definition) is 6. The summed E-state index contributed by atoms with van der Waals surface area (Å²) in [6, 6.07) is 10.4. The van der Waals surface area contributed by atoms with Gasteiger partial charge in [-0.2, -0.15) is 0 Å². The van der Waals surface area contributed by atoms with Crippen LogP contribution in [0.4, 0.5) is 23.0 Å². The first-order valence-electron chi connectivity index (χ1n) is 13.9. The van der Waals surface area contributed by atoms with Crippen molar-refractivity contribution >= 4 is 34.8 Å². The fourth-order valence-electron chi connectivity index (χ4n) is 6.15. The second-order valence-electron chi connectivity index (χ2n) is 10.6. The van der Waals surface area contributed by atoms with E-state index in [1.54, 1.807) is 4.90 Å². The maximum absolute atomic E-state index is 13.0. The minimum Gasteiger partial charge on any atom is -0.349 e. The number of anilines is 4. The van der Waals surface area contributed by atoms with Crippen LogP contribution in [0.3, 0.4) is 0 Å². The summed E-state index contributed by atoms with van der Waals surface area (Å²) in [5.74, 6) is 1.92. The quantitative estimate of drug-likeness (QED) is 0.566. The Kier molecular flexibility index (Phi) is 7.38. The molecule has 3 heterocycles. The first-order valence-corrected chi connectivity index (χ1v) is 13.9. The molecular formula is C29H40N6O2. The van der Waals surface area contributed by atoms with Crippen molar-refractivity contribution in [3.63, 3.8) is 0 Å². The first kappa shape index (κ1) is 25.5. The Labute approximate surface area is 220 Å². The van der Waals surface area contributed by atoms with Gasteiger partial charge in [-0.3, -0.25) is 9.59 Å². The van der Waals surface area contributed by atoms with Gasteiger partial charge in [0, 0.05) is 36.9 Å². The smallest absolute Gasteiger partial charge is 0.251 e. The molecular weight excluding hydrogens is 464 g/mol. The number of nitrogens with one attached hydrogen (secondary N) is 2. The van der Waals surface area contributed by atoms with Crippen LogP contribution in [-0.2, 0) is 11.2 Å². The predicted octanol–water partition coefficient (Wildman–Crippen LogP) is 4.01. The van der Waals surface area contributed by atoms with E-state index in [-0.39, 0.29) is 23.9 Å². The topological polar surface area (TPSA) is 80.8 Å². The number of fused-ring (bicyclic) bond motifs is 2. The lowest BCUT2D eigenvalue weighted by atomic mass is 10.1. The second-order valence-corrected chi connectivity index (χ2v) is 10.6. The Balaban J connectivity index is 1.40. The fourth-order valence-corrected chi connectivity index (χ4v) is 6.15. The lowest BCUT2D eigenvalue weighted by molar-refractivity contribution is -0.119. The van der Waals surface area contributed by atoms with E-state index in [4.69, 9.17) is 4.98 Å². The fraction of sp³-hybridized carbons (Fsp3) is 0.552. The molecule has 2 aromatic rings. The summed E-state index contributed by atoms with van der Waals surface area (Å²) in [7, 11) is 3.79. The lowest BCUT2D eigenvalue weighted by Gasteiger charge is -2.43. The molecule has 0 radical (unpaired) electrons. The number of nitrogens with zero attached hydrogens (tertiary/aromatic N) is 4. The van der Waals surface area contributed by atoms with Gasteiger partial charge in [-0.05, 0) is 88.5 Å². The standard InChI is InChI=1S/C29H40N6O2/c1-5-22(14-16-30-3)31-28(36)21-10-11-24-20(18-21)15-17-34(24)26-13-12-25-27(32-26)35(23-8-6-7-9-23)19(2)29(37)33(25)4/h10-13,18-19,22-23,30H,5-9,14-17H2,1-4H3,(H,31,36)/t19-,22?/m1/s1. The van der Waals surface area contributed by atoms with Gasteiger partial charge in [-0.15, -0.1) is 0 Å². The third kappa shape index (κ3) is 4.79. The maximum atomic E-state index is 13.0. The average molecular weight is 505 g/mol. The van der Waals surface area contributed by atoms with Crippen molar-refractivity contribution in [3.05, 3.63) is 41.5 Å². The van der Waals surface area contributed by atoms with Crippen molar-refractivity contribution in [2.45, 2.75) is 76.9 Å². The monoisotopic (exact) mass is 504 g/mol. The van der Waals surface area contributed by atoms with Crippen molar-refractivity contribution in [1.82, 2.24) is 15.6 Å².